The Balaban J connectivity index is 2.62. The van der Waals surface area contributed by atoms with Gasteiger partial charge in [0.2, 0.25) is 0 Å². The Kier molecular flexibility index (Phi) is 4.01. The fourth-order valence-electron chi connectivity index (χ4n) is 0.963. The van der Waals surface area contributed by atoms with Crippen molar-refractivity contribution in [2.45, 2.75) is 19.6 Å². The van der Waals surface area contributed by atoms with Gasteiger partial charge in [0.05, 0.1) is 0 Å². The number of methoxy groups -OCH3 is 1. The first kappa shape index (κ1) is 12.2. The summed E-state index contributed by atoms with van der Waals surface area (Å²) in [6, 6.07) is 0.419. The highest BCUT2D eigenvalue weighted by atomic mass is 16.5. The fourth-order valence-corrected chi connectivity index (χ4v) is 0.963. The minimum atomic E-state index is -1.12. The van der Waals surface area contributed by atoms with Crippen LogP contribution in [0, 0.1) is 0 Å². The van der Waals surface area contributed by atoms with Crippen LogP contribution in [0.4, 0.5) is 0 Å². The zero-order chi connectivity index (χ0) is 12.1. The molecule has 1 heterocycles. The summed E-state index contributed by atoms with van der Waals surface area (Å²) in [5.41, 5.74) is 0.0279. The number of hydrogen-bond acceptors (Lipinski definition) is 5. The maximum absolute atomic E-state index is 11.4. The van der Waals surface area contributed by atoms with Crippen LogP contribution in [0.15, 0.2) is 10.6 Å². The molecule has 0 aliphatic rings. The molecule has 88 valence electrons. The number of carboxylic acid groups (broad SMARTS) is 1. The maximum atomic E-state index is 11.4. The summed E-state index contributed by atoms with van der Waals surface area (Å²) in [5, 5.41) is 14.3. The van der Waals surface area contributed by atoms with E-state index < -0.39 is 17.9 Å². The van der Waals surface area contributed by atoms with E-state index in [2.05, 4.69) is 10.5 Å². The second kappa shape index (κ2) is 5.26. The smallest absolute Gasteiger partial charge is 0.325 e. The van der Waals surface area contributed by atoms with Gasteiger partial charge in [0.15, 0.2) is 11.5 Å². The number of aromatic nitrogens is 1. The van der Waals surface area contributed by atoms with Gasteiger partial charge in [-0.3, -0.25) is 9.59 Å². The van der Waals surface area contributed by atoms with Gasteiger partial charge < -0.3 is 19.7 Å². The van der Waals surface area contributed by atoms with Crippen molar-refractivity contribution in [1.29, 1.82) is 0 Å². The third-order valence-electron chi connectivity index (χ3n) is 1.80. The number of hydrogen-bond donors (Lipinski definition) is 2. The number of nitrogens with zero attached hydrogens (tertiary/aromatic N) is 1. The minimum Gasteiger partial charge on any atom is -0.480 e. The second-order valence-corrected chi connectivity index (χ2v) is 3.14. The molecular formula is C9H12N2O5. The van der Waals surface area contributed by atoms with Crippen molar-refractivity contribution in [3.05, 3.63) is 17.5 Å². The summed E-state index contributed by atoms with van der Waals surface area (Å²) < 4.78 is 9.57. The van der Waals surface area contributed by atoms with Crippen LogP contribution < -0.4 is 5.32 Å². The number of carboxylic acids is 1. The van der Waals surface area contributed by atoms with Crippen molar-refractivity contribution < 1.29 is 24.0 Å². The van der Waals surface area contributed by atoms with Gasteiger partial charge in [-0.1, -0.05) is 5.16 Å². The summed E-state index contributed by atoms with van der Waals surface area (Å²) in [6.45, 7) is 1.56. The van der Waals surface area contributed by atoms with Crippen molar-refractivity contribution in [3.8, 4) is 0 Å². The number of ether oxygens (including phenoxy) is 1. The standard InChI is InChI=1S/C9H12N2O5/c1-5(9(13)14)10-8(12)7-3-6(4-15-2)16-11-7/h3,5H,4H2,1-2H3,(H,10,12)(H,13,14). The molecule has 0 aromatic carbocycles. The first-order chi connectivity index (χ1) is 7.54. The third-order valence-corrected chi connectivity index (χ3v) is 1.80. The Hall–Kier alpha value is -1.89. The van der Waals surface area contributed by atoms with E-state index in [4.69, 9.17) is 14.4 Å². The lowest BCUT2D eigenvalue weighted by Gasteiger charge is -2.06. The lowest BCUT2D eigenvalue weighted by atomic mass is 10.3. The minimum absolute atomic E-state index is 0.0279. The molecule has 0 radical (unpaired) electrons. The lowest BCUT2D eigenvalue weighted by molar-refractivity contribution is -0.138. The summed E-state index contributed by atoms with van der Waals surface area (Å²) in [4.78, 5) is 21.9. The van der Waals surface area contributed by atoms with Gasteiger partial charge in [-0.2, -0.15) is 0 Å². The molecule has 1 unspecified atom stereocenters. The zero-order valence-corrected chi connectivity index (χ0v) is 8.89. The summed E-state index contributed by atoms with van der Waals surface area (Å²) in [7, 11) is 1.48. The van der Waals surface area contributed by atoms with E-state index >= 15 is 0 Å². The quantitative estimate of drug-likeness (QED) is 0.736. The van der Waals surface area contributed by atoms with Crippen LogP contribution in [0.25, 0.3) is 0 Å². The molecule has 1 aromatic heterocycles. The van der Waals surface area contributed by atoms with Crippen molar-refractivity contribution in [2.24, 2.45) is 0 Å². The monoisotopic (exact) mass is 228 g/mol. The van der Waals surface area contributed by atoms with Gasteiger partial charge in [0.25, 0.3) is 5.91 Å². The van der Waals surface area contributed by atoms with Gasteiger partial charge >= 0.3 is 5.97 Å². The molecule has 1 aromatic rings. The number of carbonyl (C=O) groups is 2. The summed E-state index contributed by atoms with van der Waals surface area (Å²) in [5.74, 6) is -1.31. The second-order valence-electron chi connectivity index (χ2n) is 3.14. The van der Waals surface area contributed by atoms with Gasteiger partial charge in [-0.05, 0) is 6.92 Å². The van der Waals surface area contributed by atoms with E-state index in [9.17, 15) is 9.59 Å². The first-order valence-electron chi connectivity index (χ1n) is 4.52. The van der Waals surface area contributed by atoms with Crippen LogP contribution in [0.2, 0.25) is 0 Å². The predicted octanol–water partition coefficient (Wildman–Crippen LogP) is 0.0239. The van der Waals surface area contributed by atoms with Crippen LogP contribution in [-0.4, -0.2) is 35.3 Å². The van der Waals surface area contributed by atoms with E-state index in [1.807, 2.05) is 0 Å². The zero-order valence-electron chi connectivity index (χ0n) is 8.89. The number of nitrogens with one attached hydrogen (secondary N) is 1. The average Bonchev–Trinajstić information content (AvgIpc) is 2.66. The predicted molar refractivity (Wildman–Crippen MR) is 51.8 cm³/mol. The molecule has 1 rings (SSSR count). The Morgan fingerprint density at radius 1 is 1.69 bits per heavy atom. The van der Waals surface area contributed by atoms with Gasteiger partial charge in [0.1, 0.15) is 12.6 Å². The Morgan fingerprint density at radius 3 is 2.94 bits per heavy atom. The summed E-state index contributed by atoms with van der Waals surface area (Å²) in [6.07, 6.45) is 0. The molecule has 0 fully saturated rings. The van der Waals surface area contributed by atoms with E-state index in [1.165, 1.54) is 20.1 Å². The number of carbonyl (C=O) groups excluding carboxylic acids is 1. The Labute approximate surface area is 91.4 Å². The molecule has 0 saturated heterocycles. The number of rotatable bonds is 5. The van der Waals surface area contributed by atoms with Crippen molar-refractivity contribution in [1.82, 2.24) is 10.5 Å². The Bertz CT molecular complexity index is 387. The first-order valence-corrected chi connectivity index (χ1v) is 4.52. The van der Waals surface area contributed by atoms with Crippen LogP contribution in [0.5, 0.6) is 0 Å². The topological polar surface area (TPSA) is 102 Å². The molecule has 1 amide bonds. The molecule has 7 nitrogen and oxygen atoms in total. The lowest BCUT2D eigenvalue weighted by Crippen LogP contribution is -2.38. The van der Waals surface area contributed by atoms with Crippen molar-refractivity contribution in [3.63, 3.8) is 0 Å². The highest BCUT2D eigenvalue weighted by Crippen LogP contribution is 2.04. The molecule has 2 N–H and O–H groups in total. The molecule has 1 atom stereocenters. The highest BCUT2D eigenvalue weighted by molar-refractivity contribution is 5.94. The molecule has 0 aliphatic carbocycles. The largest absolute Gasteiger partial charge is 0.480 e. The van der Waals surface area contributed by atoms with Crippen molar-refractivity contribution >= 4 is 11.9 Å². The third kappa shape index (κ3) is 3.06. The highest BCUT2D eigenvalue weighted by Gasteiger charge is 2.18. The number of aliphatic carboxylic acids is 1. The Morgan fingerprint density at radius 2 is 2.38 bits per heavy atom. The van der Waals surface area contributed by atoms with Crippen LogP contribution in [-0.2, 0) is 16.1 Å². The van der Waals surface area contributed by atoms with Gasteiger partial charge in [0, 0.05) is 13.2 Å². The average molecular weight is 228 g/mol. The molecule has 16 heavy (non-hydrogen) atoms. The molecule has 7 heteroatoms. The SMILES string of the molecule is COCc1cc(C(=O)NC(C)C(=O)O)no1. The molecule has 0 bridgehead atoms. The van der Waals surface area contributed by atoms with E-state index in [0.29, 0.717) is 5.76 Å². The molecule has 0 saturated carbocycles. The van der Waals surface area contributed by atoms with Crippen LogP contribution >= 0.6 is 0 Å². The van der Waals surface area contributed by atoms with Crippen LogP contribution in [0.3, 0.4) is 0 Å². The number of amides is 1. The van der Waals surface area contributed by atoms with E-state index in [0.717, 1.165) is 0 Å². The van der Waals surface area contributed by atoms with E-state index in [1.54, 1.807) is 0 Å². The summed E-state index contributed by atoms with van der Waals surface area (Å²) >= 11 is 0. The van der Waals surface area contributed by atoms with Crippen molar-refractivity contribution in [2.75, 3.05) is 7.11 Å². The molecule has 0 spiro atoms. The van der Waals surface area contributed by atoms with Gasteiger partial charge in [-0.15, -0.1) is 0 Å². The molecular weight excluding hydrogens is 216 g/mol. The maximum Gasteiger partial charge on any atom is 0.325 e. The van der Waals surface area contributed by atoms with Gasteiger partial charge in [-0.25, -0.2) is 0 Å². The fraction of sp³-hybridized carbons (Fsp3) is 0.444. The molecule has 0 aliphatic heterocycles. The van der Waals surface area contributed by atoms with Crippen LogP contribution in [0.1, 0.15) is 23.2 Å². The van der Waals surface area contributed by atoms with E-state index in [-0.39, 0.29) is 12.3 Å². The normalized spacial score (nSPS) is 12.1.